The number of thioether (sulfide) groups is 1. The number of amides is 1. The lowest BCUT2D eigenvalue weighted by molar-refractivity contribution is -0.110. The van der Waals surface area contributed by atoms with Gasteiger partial charge in [0.25, 0.3) is 0 Å². The molecule has 0 aromatic heterocycles. The molecule has 0 saturated carbocycles. The second kappa shape index (κ2) is 9.69. The van der Waals surface area contributed by atoms with Crippen molar-refractivity contribution in [2.24, 2.45) is 0 Å². The molecule has 23 heavy (non-hydrogen) atoms. The topological polar surface area (TPSA) is 55.4 Å². The third-order valence-corrected chi connectivity index (χ3v) is 4.06. The number of alkyl carbamates (subject to hydrolysis) is 1. The van der Waals surface area contributed by atoms with Crippen molar-refractivity contribution in [3.05, 3.63) is 71.8 Å². The van der Waals surface area contributed by atoms with E-state index in [0.29, 0.717) is 5.75 Å². The molecule has 0 unspecified atom stereocenters. The Hall–Kier alpha value is -2.27. The molecule has 1 amide bonds. The van der Waals surface area contributed by atoms with E-state index in [4.69, 9.17) is 4.74 Å². The maximum absolute atomic E-state index is 11.7. The highest BCUT2D eigenvalue weighted by molar-refractivity contribution is 8.12. The minimum absolute atomic E-state index is 0.0530. The van der Waals surface area contributed by atoms with Crippen LogP contribution in [0.15, 0.2) is 60.7 Å². The average molecular weight is 329 g/mol. The zero-order valence-electron chi connectivity index (χ0n) is 12.7. The van der Waals surface area contributed by atoms with Crippen LogP contribution in [0, 0.1) is 0 Å². The van der Waals surface area contributed by atoms with Crippen molar-refractivity contribution in [3.63, 3.8) is 0 Å². The van der Waals surface area contributed by atoms with Gasteiger partial charge in [-0.05, 0) is 11.1 Å². The third kappa shape index (κ3) is 7.02. The second-order valence-electron chi connectivity index (χ2n) is 4.88. The third-order valence-electron chi connectivity index (χ3n) is 3.05. The van der Waals surface area contributed by atoms with Crippen molar-refractivity contribution in [2.45, 2.75) is 18.8 Å². The minimum Gasteiger partial charge on any atom is -0.445 e. The van der Waals surface area contributed by atoms with Gasteiger partial charge in [0.1, 0.15) is 6.61 Å². The van der Waals surface area contributed by atoms with E-state index >= 15 is 0 Å². The van der Waals surface area contributed by atoms with Gasteiger partial charge in [0, 0.05) is 18.7 Å². The Morgan fingerprint density at radius 2 is 1.52 bits per heavy atom. The first-order valence-corrected chi connectivity index (χ1v) is 8.37. The van der Waals surface area contributed by atoms with E-state index < -0.39 is 6.09 Å². The molecule has 0 fully saturated rings. The highest BCUT2D eigenvalue weighted by Gasteiger charge is 2.06. The predicted octanol–water partition coefficient (Wildman–Crippen LogP) is 3.76. The molecule has 0 heterocycles. The van der Waals surface area contributed by atoms with E-state index in [-0.39, 0.29) is 24.7 Å². The van der Waals surface area contributed by atoms with Crippen molar-refractivity contribution in [2.75, 3.05) is 6.54 Å². The smallest absolute Gasteiger partial charge is 0.407 e. The van der Waals surface area contributed by atoms with Gasteiger partial charge in [-0.25, -0.2) is 4.79 Å². The van der Waals surface area contributed by atoms with Gasteiger partial charge in [-0.15, -0.1) is 0 Å². The lowest BCUT2D eigenvalue weighted by Gasteiger charge is -2.06. The number of hydrogen-bond acceptors (Lipinski definition) is 4. The van der Waals surface area contributed by atoms with Crippen LogP contribution in [0.25, 0.3) is 0 Å². The fraction of sp³-hybridized carbons (Fsp3) is 0.222. The first kappa shape index (κ1) is 17.1. The second-order valence-corrected chi connectivity index (χ2v) is 5.92. The van der Waals surface area contributed by atoms with Crippen LogP contribution in [0.2, 0.25) is 0 Å². The van der Waals surface area contributed by atoms with E-state index in [1.165, 1.54) is 11.8 Å². The van der Waals surface area contributed by atoms with Crippen LogP contribution < -0.4 is 5.32 Å². The number of hydrogen-bond donors (Lipinski definition) is 1. The standard InChI is InChI=1S/C18H19NO3S/c20-17(23-14-16-9-5-2-6-10-16)11-12-19-18(21)22-13-15-7-3-1-4-8-15/h1-10H,11-14H2,(H,19,21). The number of ether oxygens (including phenoxy) is 1. The molecule has 2 aromatic rings. The van der Waals surface area contributed by atoms with Crippen LogP contribution >= 0.6 is 11.8 Å². The molecule has 0 bridgehead atoms. The van der Waals surface area contributed by atoms with Crippen molar-refractivity contribution in [1.29, 1.82) is 0 Å². The van der Waals surface area contributed by atoms with Crippen LogP contribution in [-0.2, 0) is 21.9 Å². The van der Waals surface area contributed by atoms with E-state index in [2.05, 4.69) is 5.32 Å². The van der Waals surface area contributed by atoms with E-state index in [9.17, 15) is 9.59 Å². The number of carbonyl (C=O) groups excluding carboxylic acids is 2. The number of rotatable bonds is 7. The summed E-state index contributed by atoms with van der Waals surface area (Å²) < 4.78 is 5.07. The molecule has 0 saturated heterocycles. The molecule has 2 rings (SSSR count). The molecular formula is C18H19NO3S. The van der Waals surface area contributed by atoms with Gasteiger partial charge in [-0.2, -0.15) is 0 Å². The van der Waals surface area contributed by atoms with Crippen LogP contribution in [0.3, 0.4) is 0 Å². The largest absolute Gasteiger partial charge is 0.445 e. The lowest BCUT2D eigenvalue weighted by atomic mass is 10.2. The monoisotopic (exact) mass is 329 g/mol. The maximum atomic E-state index is 11.7. The van der Waals surface area contributed by atoms with E-state index in [1.807, 2.05) is 60.7 Å². The van der Waals surface area contributed by atoms with Gasteiger partial charge in [0.15, 0.2) is 5.12 Å². The number of carbonyl (C=O) groups is 2. The fourth-order valence-corrected chi connectivity index (χ4v) is 2.62. The molecule has 0 aliphatic rings. The molecule has 1 N–H and O–H groups in total. The van der Waals surface area contributed by atoms with E-state index in [1.54, 1.807) is 0 Å². The highest BCUT2D eigenvalue weighted by atomic mass is 32.2. The predicted molar refractivity (Wildman–Crippen MR) is 92.0 cm³/mol. The molecule has 2 aromatic carbocycles. The molecule has 0 spiro atoms. The van der Waals surface area contributed by atoms with Gasteiger partial charge >= 0.3 is 6.09 Å². The Bertz CT molecular complexity index is 561. The summed E-state index contributed by atoms with van der Waals surface area (Å²) in [6, 6.07) is 19.3. The zero-order valence-corrected chi connectivity index (χ0v) is 13.6. The fourth-order valence-electron chi connectivity index (χ4n) is 1.85. The molecule has 0 aliphatic heterocycles. The molecular weight excluding hydrogens is 310 g/mol. The van der Waals surface area contributed by atoms with Gasteiger partial charge in [0.2, 0.25) is 0 Å². The minimum atomic E-state index is -0.505. The average Bonchev–Trinajstić information content (AvgIpc) is 2.60. The zero-order chi connectivity index (χ0) is 16.3. The molecule has 0 atom stereocenters. The summed E-state index contributed by atoms with van der Waals surface area (Å²) in [4.78, 5) is 23.3. The van der Waals surface area contributed by atoms with Gasteiger partial charge in [-0.1, -0.05) is 72.4 Å². The highest BCUT2D eigenvalue weighted by Crippen LogP contribution is 2.13. The first-order valence-electron chi connectivity index (χ1n) is 7.38. The van der Waals surface area contributed by atoms with Crippen molar-refractivity contribution < 1.29 is 14.3 Å². The van der Waals surface area contributed by atoms with Crippen molar-refractivity contribution in [1.82, 2.24) is 5.32 Å². The van der Waals surface area contributed by atoms with Crippen LogP contribution in [0.1, 0.15) is 17.5 Å². The maximum Gasteiger partial charge on any atom is 0.407 e. The molecule has 0 radical (unpaired) electrons. The van der Waals surface area contributed by atoms with Crippen LogP contribution in [-0.4, -0.2) is 17.8 Å². The normalized spacial score (nSPS) is 10.1. The number of nitrogens with one attached hydrogen (secondary N) is 1. The Labute approximate surface area is 140 Å². The van der Waals surface area contributed by atoms with Gasteiger partial charge in [0.05, 0.1) is 0 Å². The Kier molecular flexibility index (Phi) is 7.20. The molecule has 0 aliphatic carbocycles. The Morgan fingerprint density at radius 1 is 0.913 bits per heavy atom. The Morgan fingerprint density at radius 3 is 2.17 bits per heavy atom. The lowest BCUT2D eigenvalue weighted by Crippen LogP contribution is -2.26. The summed E-state index contributed by atoms with van der Waals surface area (Å²) in [7, 11) is 0. The summed E-state index contributed by atoms with van der Waals surface area (Å²) in [6.45, 7) is 0.512. The molecule has 4 nitrogen and oxygen atoms in total. The van der Waals surface area contributed by atoms with Crippen molar-refractivity contribution in [3.8, 4) is 0 Å². The summed E-state index contributed by atoms with van der Waals surface area (Å²) in [5, 5.41) is 2.64. The van der Waals surface area contributed by atoms with Gasteiger partial charge < -0.3 is 10.1 Å². The summed E-state index contributed by atoms with van der Waals surface area (Å²) in [5.41, 5.74) is 2.04. The SMILES string of the molecule is O=C(NCCC(=O)SCc1ccccc1)OCc1ccccc1. The first-order chi connectivity index (χ1) is 11.2. The summed E-state index contributed by atoms with van der Waals surface area (Å²) in [5.74, 6) is 0.651. The van der Waals surface area contributed by atoms with Crippen LogP contribution in [0.4, 0.5) is 4.79 Å². The molecule has 5 heteroatoms. The molecule has 120 valence electrons. The summed E-state index contributed by atoms with van der Waals surface area (Å²) >= 11 is 1.26. The summed E-state index contributed by atoms with van der Waals surface area (Å²) in [6.07, 6.45) is -0.215. The van der Waals surface area contributed by atoms with Crippen LogP contribution in [0.5, 0.6) is 0 Å². The quantitative estimate of drug-likeness (QED) is 0.840. The van der Waals surface area contributed by atoms with E-state index in [0.717, 1.165) is 11.1 Å². The number of benzene rings is 2. The van der Waals surface area contributed by atoms with Crippen molar-refractivity contribution >= 4 is 23.0 Å². The Balaban J connectivity index is 1.57. The van der Waals surface area contributed by atoms with Gasteiger partial charge in [-0.3, -0.25) is 4.79 Å².